The summed E-state index contributed by atoms with van der Waals surface area (Å²) in [5, 5.41) is 12.1. The molecule has 2 aromatic carbocycles. The molecule has 0 unspecified atom stereocenters. The third-order valence-electron chi connectivity index (χ3n) is 5.81. The van der Waals surface area contributed by atoms with Gasteiger partial charge >= 0.3 is 0 Å². The molecule has 0 radical (unpaired) electrons. The Kier molecular flexibility index (Phi) is 7.03. The zero-order valence-corrected chi connectivity index (χ0v) is 21.6. The van der Waals surface area contributed by atoms with Gasteiger partial charge in [-0.1, -0.05) is 52.6 Å². The van der Waals surface area contributed by atoms with E-state index in [1.165, 1.54) is 0 Å². The van der Waals surface area contributed by atoms with Gasteiger partial charge in [-0.3, -0.25) is 4.79 Å². The number of halogens is 2. The molecule has 0 atom stereocenters. The Labute approximate surface area is 223 Å². The molecule has 2 N–H and O–H groups in total. The van der Waals surface area contributed by atoms with E-state index in [9.17, 15) is 4.79 Å². The number of fused-ring (bicyclic) bond motifs is 1. The lowest BCUT2D eigenvalue weighted by atomic mass is 10.0. The van der Waals surface area contributed by atoms with Crippen molar-refractivity contribution in [3.8, 4) is 11.1 Å². The van der Waals surface area contributed by atoms with Crippen LogP contribution in [-0.2, 0) is 13.1 Å². The number of rotatable bonds is 7. The molecule has 3 heterocycles. The number of carbonyl (C=O) groups is 1. The Balaban J connectivity index is 1.50. The van der Waals surface area contributed by atoms with E-state index in [4.69, 9.17) is 27.7 Å². The molecule has 0 aliphatic carbocycles. The third kappa shape index (κ3) is 5.55. The van der Waals surface area contributed by atoms with E-state index in [0.29, 0.717) is 28.1 Å². The average molecular weight is 533 g/mol. The van der Waals surface area contributed by atoms with Crippen LogP contribution in [0, 0.1) is 13.8 Å². The fourth-order valence-electron chi connectivity index (χ4n) is 4.02. The number of hydrogen-bond acceptors (Lipinski definition) is 7. The maximum Gasteiger partial charge on any atom is 0.289 e. The predicted molar refractivity (Wildman–Crippen MR) is 144 cm³/mol. The van der Waals surface area contributed by atoms with E-state index in [2.05, 4.69) is 30.7 Å². The van der Waals surface area contributed by atoms with Crippen LogP contribution in [0.2, 0.25) is 10.2 Å². The van der Waals surface area contributed by atoms with Crippen molar-refractivity contribution in [2.75, 3.05) is 5.32 Å². The first kappa shape index (κ1) is 24.7. The lowest BCUT2D eigenvalue weighted by Crippen LogP contribution is -2.25. The maximum atomic E-state index is 13.0. The molecule has 8 nitrogen and oxygen atoms in total. The molecule has 0 aliphatic heterocycles. The number of benzene rings is 2. The highest BCUT2D eigenvalue weighted by molar-refractivity contribution is 6.30. The average Bonchev–Trinajstić information content (AvgIpc) is 3.24. The molecule has 0 fully saturated rings. The standard InChI is InChI=1S/C27H22Cl2N6O2/c1-15-24(16(2)37-35-15)19-7-8-22-21(11-19)25(31-12-17-4-3-5-20(28)10-17)34-26(33-22)27(36)32-14-18-6-9-23(29)30-13-18/h3-11,13H,12,14H2,1-2H3,(H,32,36)(H,31,33,34). The maximum absolute atomic E-state index is 13.0. The summed E-state index contributed by atoms with van der Waals surface area (Å²) in [6.07, 6.45) is 1.61. The van der Waals surface area contributed by atoms with Gasteiger partial charge in [0, 0.05) is 35.3 Å². The molecular formula is C27H22Cl2N6O2. The fraction of sp³-hybridized carbons (Fsp3) is 0.148. The van der Waals surface area contributed by atoms with Gasteiger partial charge in [0.1, 0.15) is 16.7 Å². The van der Waals surface area contributed by atoms with Crippen molar-refractivity contribution in [2.45, 2.75) is 26.9 Å². The van der Waals surface area contributed by atoms with Crippen molar-refractivity contribution in [1.82, 2.24) is 25.4 Å². The quantitative estimate of drug-likeness (QED) is 0.242. The minimum atomic E-state index is -0.405. The van der Waals surface area contributed by atoms with Gasteiger partial charge < -0.3 is 15.2 Å². The van der Waals surface area contributed by atoms with Crippen molar-refractivity contribution >= 4 is 45.8 Å². The number of nitrogens with zero attached hydrogens (tertiary/aromatic N) is 4. The lowest BCUT2D eigenvalue weighted by Gasteiger charge is -2.13. The van der Waals surface area contributed by atoms with Crippen molar-refractivity contribution in [2.24, 2.45) is 0 Å². The van der Waals surface area contributed by atoms with Crippen LogP contribution in [0.4, 0.5) is 5.82 Å². The number of anilines is 1. The first-order chi connectivity index (χ1) is 17.9. The van der Waals surface area contributed by atoms with Crippen molar-refractivity contribution in [1.29, 1.82) is 0 Å². The molecule has 37 heavy (non-hydrogen) atoms. The van der Waals surface area contributed by atoms with E-state index < -0.39 is 5.91 Å². The molecule has 3 aromatic heterocycles. The zero-order chi connectivity index (χ0) is 25.9. The minimum absolute atomic E-state index is 0.0492. The molecule has 0 aliphatic rings. The molecule has 10 heteroatoms. The van der Waals surface area contributed by atoms with Gasteiger partial charge in [-0.25, -0.2) is 15.0 Å². The van der Waals surface area contributed by atoms with Crippen LogP contribution in [0.25, 0.3) is 22.0 Å². The monoisotopic (exact) mass is 532 g/mol. The number of hydrogen-bond donors (Lipinski definition) is 2. The van der Waals surface area contributed by atoms with Crippen LogP contribution in [-0.4, -0.2) is 26.0 Å². The van der Waals surface area contributed by atoms with Crippen LogP contribution in [0.3, 0.4) is 0 Å². The number of aromatic nitrogens is 4. The topological polar surface area (TPSA) is 106 Å². The SMILES string of the molecule is Cc1noc(C)c1-c1ccc2nc(C(=O)NCc3ccc(Cl)nc3)nc(NCc3cccc(Cl)c3)c2c1. The molecule has 0 spiro atoms. The number of amides is 1. The summed E-state index contributed by atoms with van der Waals surface area (Å²) in [6, 6.07) is 16.8. The van der Waals surface area contributed by atoms with Crippen LogP contribution in [0.15, 0.2) is 65.3 Å². The van der Waals surface area contributed by atoms with Crippen LogP contribution in [0.1, 0.15) is 33.2 Å². The Morgan fingerprint density at radius 3 is 2.57 bits per heavy atom. The van der Waals surface area contributed by atoms with Crippen LogP contribution >= 0.6 is 23.2 Å². The number of carbonyl (C=O) groups excluding carboxylic acids is 1. The zero-order valence-electron chi connectivity index (χ0n) is 20.0. The molecule has 0 saturated carbocycles. The molecule has 186 valence electrons. The number of nitrogens with one attached hydrogen (secondary N) is 2. The van der Waals surface area contributed by atoms with E-state index in [1.807, 2.05) is 56.3 Å². The molecule has 0 saturated heterocycles. The van der Waals surface area contributed by atoms with Crippen molar-refractivity contribution in [3.05, 3.63) is 99.4 Å². The highest BCUT2D eigenvalue weighted by Crippen LogP contribution is 2.31. The highest BCUT2D eigenvalue weighted by Gasteiger charge is 2.17. The van der Waals surface area contributed by atoms with Gasteiger partial charge in [-0.05, 0) is 60.9 Å². The summed E-state index contributed by atoms with van der Waals surface area (Å²) in [5.74, 6) is 0.890. The molecule has 5 rings (SSSR count). The smallest absolute Gasteiger partial charge is 0.289 e. The van der Waals surface area contributed by atoms with Gasteiger partial charge in [0.05, 0.1) is 11.2 Å². The molecule has 0 bridgehead atoms. The lowest BCUT2D eigenvalue weighted by molar-refractivity contribution is 0.0941. The second-order valence-corrected chi connectivity index (χ2v) is 9.31. The van der Waals surface area contributed by atoms with Gasteiger partial charge in [0.25, 0.3) is 5.91 Å². The van der Waals surface area contributed by atoms with E-state index >= 15 is 0 Å². The van der Waals surface area contributed by atoms with Gasteiger partial charge in [0.2, 0.25) is 5.82 Å². The first-order valence-corrected chi connectivity index (χ1v) is 12.2. The highest BCUT2D eigenvalue weighted by atomic mass is 35.5. The first-order valence-electron chi connectivity index (χ1n) is 11.5. The van der Waals surface area contributed by atoms with Gasteiger partial charge in [-0.2, -0.15) is 0 Å². The summed E-state index contributed by atoms with van der Waals surface area (Å²) in [7, 11) is 0. The Bertz CT molecular complexity index is 1580. The summed E-state index contributed by atoms with van der Waals surface area (Å²) >= 11 is 12.0. The second-order valence-electron chi connectivity index (χ2n) is 8.48. The summed E-state index contributed by atoms with van der Waals surface area (Å²) in [4.78, 5) is 26.2. The Morgan fingerprint density at radius 1 is 0.973 bits per heavy atom. The van der Waals surface area contributed by atoms with E-state index in [-0.39, 0.29) is 12.4 Å². The Hall–Kier alpha value is -4.01. The van der Waals surface area contributed by atoms with Crippen LogP contribution < -0.4 is 10.6 Å². The largest absolute Gasteiger partial charge is 0.365 e. The fourth-order valence-corrected chi connectivity index (χ4v) is 4.35. The normalized spacial score (nSPS) is 11.0. The van der Waals surface area contributed by atoms with Gasteiger partial charge in [0.15, 0.2) is 0 Å². The number of pyridine rings is 1. The summed E-state index contributed by atoms with van der Waals surface area (Å²) < 4.78 is 5.35. The molecular weight excluding hydrogens is 511 g/mol. The number of aryl methyl sites for hydroxylation is 2. The van der Waals surface area contributed by atoms with E-state index in [1.54, 1.807) is 18.3 Å². The second kappa shape index (κ2) is 10.5. The molecule has 1 amide bonds. The van der Waals surface area contributed by atoms with Gasteiger partial charge in [-0.15, -0.1) is 0 Å². The Morgan fingerprint density at radius 2 is 1.84 bits per heavy atom. The summed E-state index contributed by atoms with van der Waals surface area (Å²) in [5.41, 5.74) is 5.03. The third-order valence-corrected chi connectivity index (χ3v) is 6.27. The van der Waals surface area contributed by atoms with Crippen LogP contribution in [0.5, 0.6) is 0 Å². The summed E-state index contributed by atoms with van der Waals surface area (Å²) in [6.45, 7) is 4.49. The van der Waals surface area contributed by atoms with E-state index in [0.717, 1.165) is 39.1 Å². The molecule has 5 aromatic rings. The van der Waals surface area contributed by atoms with Crippen molar-refractivity contribution < 1.29 is 9.32 Å². The minimum Gasteiger partial charge on any atom is -0.365 e. The van der Waals surface area contributed by atoms with Crippen molar-refractivity contribution in [3.63, 3.8) is 0 Å². The predicted octanol–water partition coefficient (Wildman–Crippen LogP) is 6.15.